The number of carbonyl (C=O) groups is 1. The predicted octanol–water partition coefficient (Wildman–Crippen LogP) is 3.39. The Bertz CT molecular complexity index is 945. The molecule has 0 bridgehead atoms. The number of hydrogen-bond donors (Lipinski definition) is 1. The van der Waals surface area contributed by atoms with Gasteiger partial charge in [-0.1, -0.05) is 12.1 Å². The van der Waals surface area contributed by atoms with Gasteiger partial charge in [-0.3, -0.25) is 4.79 Å². The molecule has 0 saturated carbocycles. The van der Waals surface area contributed by atoms with Crippen LogP contribution >= 0.6 is 0 Å². The first-order chi connectivity index (χ1) is 12.1. The minimum absolute atomic E-state index is 0.0425. The van der Waals surface area contributed by atoms with Crippen LogP contribution in [-0.4, -0.2) is 22.4 Å². The number of hydrogen-bond acceptors (Lipinski definition) is 3. The fourth-order valence-electron chi connectivity index (χ4n) is 3.48. The highest BCUT2D eigenvalue weighted by atomic mass is 16.5. The number of methoxy groups -OCH3 is 1. The third kappa shape index (κ3) is 2.97. The predicted molar refractivity (Wildman–Crippen MR) is 97.1 cm³/mol. The van der Waals surface area contributed by atoms with Gasteiger partial charge >= 0.3 is 0 Å². The molecule has 1 aliphatic carbocycles. The summed E-state index contributed by atoms with van der Waals surface area (Å²) in [6.45, 7) is 2.07. The fraction of sp³-hybridized carbons (Fsp3) is 0.300. The Hall–Kier alpha value is -2.82. The molecule has 1 N–H and O–H groups in total. The normalized spacial score (nSPS) is 16.5. The van der Waals surface area contributed by atoms with E-state index in [2.05, 4.69) is 28.9 Å². The van der Waals surface area contributed by atoms with Crippen LogP contribution in [-0.2, 0) is 17.6 Å². The number of aryl methyl sites for hydroxylation is 2. The van der Waals surface area contributed by atoms with Crippen molar-refractivity contribution in [2.24, 2.45) is 5.92 Å². The number of ether oxygens (including phenoxy) is 1. The molecule has 3 aromatic rings. The molecule has 4 rings (SSSR count). The maximum absolute atomic E-state index is 12.7. The largest absolute Gasteiger partial charge is 0.497 e. The van der Waals surface area contributed by atoms with E-state index >= 15 is 0 Å². The molecule has 1 unspecified atom stereocenters. The van der Waals surface area contributed by atoms with E-state index in [4.69, 9.17) is 9.72 Å². The highest BCUT2D eigenvalue weighted by molar-refractivity contribution is 5.93. The Morgan fingerprint density at radius 1 is 1.32 bits per heavy atom. The van der Waals surface area contributed by atoms with Crippen LogP contribution in [0.3, 0.4) is 0 Å². The molecule has 1 aromatic carbocycles. The third-order valence-corrected chi connectivity index (χ3v) is 4.83. The standard InChI is InChI=1S/C20H21N3O2/c1-13-6-9-19-22-17-8-7-14(10-18(17)23(19)12-13)20(24)21-15-4-3-5-16(11-15)25-2/h3-6,9,11-12,14H,7-8,10H2,1-2H3,(H,21,24). The Balaban J connectivity index is 1.56. The fourth-order valence-corrected chi connectivity index (χ4v) is 3.48. The molecule has 2 aromatic heterocycles. The molecule has 0 aliphatic heterocycles. The number of rotatable bonds is 3. The molecule has 2 heterocycles. The number of nitrogens with one attached hydrogen (secondary N) is 1. The summed E-state index contributed by atoms with van der Waals surface area (Å²) >= 11 is 0. The topological polar surface area (TPSA) is 55.6 Å². The SMILES string of the molecule is COc1cccc(NC(=O)C2CCc3nc4ccc(C)cn4c3C2)c1. The summed E-state index contributed by atoms with van der Waals surface area (Å²) in [7, 11) is 1.62. The molecule has 0 spiro atoms. The average Bonchev–Trinajstić information content (AvgIpc) is 2.99. The number of anilines is 1. The second-order valence-electron chi connectivity index (χ2n) is 6.60. The lowest BCUT2D eigenvalue weighted by molar-refractivity contribution is -0.120. The number of imidazole rings is 1. The molecule has 0 radical (unpaired) electrons. The number of pyridine rings is 1. The highest BCUT2D eigenvalue weighted by Gasteiger charge is 2.28. The Labute approximate surface area is 146 Å². The minimum atomic E-state index is -0.0425. The van der Waals surface area contributed by atoms with Crippen LogP contribution in [0.5, 0.6) is 5.75 Å². The summed E-state index contributed by atoms with van der Waals surface area (Å²) in [6, 6.07) is 11.6. The van der Waals surface area contributed by atoms with Gasteiger partial charge in [0.05, 0.1) is 12.8 Å². The zero-order chi connectivity index (χ0) is 17.4. The van der Waals surface area contributed by atoms with Crippen LogP contribution in [0, 0.1) is 12.8 Å². The summed E-state index contributed by atoms with van der Waals surface area (Å²) in [4.78, 5) is 17.4. The van der Waals surface area contributed by atoms with Crippen molar-refractivity contribution in [3.63, 3.8) is 0 Å². The van der Waals surface area contributed by atoms with Gasteiger partial charge in [-0.15, -0.1) is 0 Å². The van der Waals surface area contributed by atoms with E-state index in [-0.39, 0.29) is 11.8 Å². The first-order valence-corrected chi connectivity index (χ1v) is 8.55. The zero-order valence-corrected chi connectivity index (χ0v) is 14.5. The Kier molecular flexibility index (Phi) is 3.92. The van der Waals surface area contributed by atoms with Crippen molar-refractivity contribution in [1.82, 2.24) is 9.38 Å². The van der Waals surface area contributed by atoms with E-state index in [1.807, 2.05) is 30.3 Å². The first-order valence-electron chi connectivity index (χ1n) is 8.55. The van der Waals surface area contributed by atoms with E-state index in [0.29, 0.717) is 0 Å². The van der Waals surface area contributed by atoms with Gasteiger partial charge in [0, 0.05) is 36.0 Å². The lowest BCUT2D eigenvalue weighted by Gasteiger charge is -2.21. The molecule has 5 heteroatoms. The van der Waals surface area contributed by atoms with E-state index < -0.39 is 0 Å². The van der Waals surface area contributed by atoms with Crippen molar-refractivity contribution in [3.8, 4) is 5.75 Å². The average molecular weight is 335 g/mol. The number of carbonyl (C=O) groups excluding carboxylic acids is 1. The second-order valence-corrected chi connectivity index (χ2v) is 6.60. The number of fused-ring (bicyclic) bond motifs is 3. The van der Waals surface area contributed by atoms with Gasteiger partial charge < -0.3 is 14.5 Å². The van der Waals surface area contributed by atoms with Gasteiger partial charge in [-0.05, 0) is 43.5 Å². The van der Waals surface area contributed by atoms with Crippen molar-refractivity contribution < 1.29 is 9.53 Å². The van der Waals surface area contributed by atoms with Crippen molar-refractivity contribution in [1.29, 1.82) is 0 Å². The lowest BCUT2D eigenvalue weighted by atomic mass is 9.89. The quantitative estimate of drug-likeness (QED) is 0.798. The number of nitrogens with zero attached hydrogens (tertiary/aromatic N) is 2. The second kappa shape index (κ2) is 6.24. The molecule has 128 valence electrons. The van der Waals surface area contributed by atoms with Crippen LogP contribution in [0.1, 0.15) is 23.4 Å². The molecule has 0 fully saturated rings. The van der Waals surface area contributed by atoms with Crippen LogP contribution in [0.2, 0.25) is 0 Å². The van der Waals surface area contributed by atoms with E-state index in [9.17, 15) is 4.79 Å². The van der Waals surface area contributed by atoms with E-state index in [0.717, 1.165) is 47.7 Å². The summed E-state index contributed by atoms with van der Waals surface area (Å²) in [6.07, 6.45) is 4.48. The summed E-state index contributed by atoms with van der Waals surface area (Å²) in [5, 5.41) is 3.02. The molecule has 1 atom stereocenters. The zero-order valence-electron chi connectivity index (χ0n) is 14.5. The summed E-state index contributed by atoms with van der Waals surface area (Å²) in [5.41, 5.74) is 5.20. The van der Waals surface area contributed by atoms with Crippen molar-refractivity contribution in [2.75, 3.05) is 12.4 Å². The van der Waals surface area contributed by atoms with Gasteiger partial charge in [-0.25, -0.2) is 4.98 Å². The minimum Gasteiger partial charge on any atom is -0.497 e. The van der Waals surface area contributed by atoms with Crippen LogP contribution < -0.4 is 10.1 Å². The molecule has 1 aliphatic rings. The first kappa shape index (κ1) is 15.7. The monoisotopic (exact) mass is 335 g/mol. The van der Waals surface area contributed by atoms with Gasteiger partial charge in [-0.2, -0.15) is 0 Å². The number of benzene rings is 1. The third-order valence-electron chi connectivity index (χ3n) is 4.83. The van der Waals surface area contributed by atoms with E-state index in [1.54, 1.807) is 7.11 Å². The van der Waals surface area contributed by atoms with Crippen molar-refractivity contribution in [3.05, 3.63) is 59.5 Å². The molecule has 1 amide bonds. The number of aromatic nitrogens is 2. The van der Waals surface area contributed by atoms with Crippen LogP contribution in [0.15, 0.2) is 42.6 Å². The van der Waals surface area contributed by atoms with E-state index in [1.165, 1.54) is 5.56 Å². The maximum atomic E-state index is 12.7. The Morgan fingerprint density at radius 3 is 3.04 bits per heavy atom. The van der Waals surface area contributed by atoms with Gasteiger partial charge in [0.25, 0.3) is 0 Å². The smallest absolute Gasteiger partial charge is 0.227 e. The van der Waals surface area contributed by atoms with Crippen molar-refractivity contribution >= 4 is 17.2 Å². The van der Waals surface area contributed by atoms with Gasteiger partial charge in [0.2, 0.25) is 5.91 Å². The van der Waals surface area contributed by atoms with Crippen molar-refractivity contribution in [2.45, 2.75) is 26.2 Å². The lowest BCUT2D eigenvalue weighted by Crippen LogP contribution is -2.28. The van der Waals surface area contributed by atoms with Crippen LogP contribution in [0.25, 0.3) is 5.65 Å². The van der Waals surface area contributed by atoms with Crippen LogP contribution in [0.4, 0.5) is 5.69 Å². The molecular formula is C20H21N3O2. The maximum Gasteiger partial charge on any atom is 0.227 e. The molecule has 25 heavy (non-hydrogen) atoms. The van der Waals surface area contributed by atoms with Gasteiger partial charge in [0.15, 0.2) is 0 Å². The summed E-state index contributed by atoms with van der Waals surface area (Å²) < 4.78 is 7.35. The summed E-state index contributed by atoms with van der Waals surface area (Å²) in [5.74, 6) is 0.751. The van der Waals surface area contributed by atoms with Gasteiger partial charge in [0.1, 0.15) is 11.4 Å². The highest BCUT2D eigenvalue weighted by Crippen LogP contribution is 2.28. The Morgan fingerprint density at radius 2 is 2.20 bits per heavy atom. The molecular weight excluding hydrogens is 314 g/mol. The molecule has 0 saturated heterocycles. The molecule has 5 nitrogen and oxygen atoms in total. The number of amides is 1.